The van der Waals surface area contributed by atoms with Gasteiger partial charge in [-0.3, -0.25) is 9.59 Å². The fourth-order valence-corrected chi connectivity index (χ4v) is 3.16. The highest BCUT2D eigenvalue weighted by molar-refractivity contribution is 6.33. The minimum Gasteiger partial charge on any atom is -0.496 e. The molecule has 150 valence electrons. The van der Waals surface area contributed by atoms with E-state index in [2.05, 4.69) is 5.32 Å². The lowest BCUT2D eigenvalue weighted by atomic mass is 10.1. The van der Waals surface area contributed by atoms with Crippen molar-refractivity contribution in [1.29, 1.82) is 0 Å². The molecule has 7 heteroatoms. The Morgan fingerprint density at radius 3 is 2.41 bits per heavy atom. The van der Waals surface area contributed by atoms with Gasteiger partial charge < -0.3 is 19.5 Å². The third-order valence-electron chi connectivity index (χ3n) is 4.44. The van der Waals surface area contributed by atoms with Crippen LogP contribution in [0.1, 0.15) is 15.9 Å². The van der Waals surface area contributed by atoms with E-state index in [9.17, 15) is 9.59 Å². The third kappa shape index (κ3) is 4.78. The summed E-state index contributed by atoms with van der Waals surface area (Å²) >= 11 is 6.40. The molecule has 6 nitrogen and oxygen atoms in total. The molecule has 1 heterocycles. The number of nitrogens with zero attached hydrogens (tertiary/aromatic N) is 2. The number of hydrogen-bond acceptors (Lipinski definition) is 3. The lowest BCUT2D eigenvalue weighted by molar-refractivity contribution is -0.116. The first-order chi connectivity index (χ1) is 13.9. The topological polar surface area (TPSA) is 63.6 Å². The number of amides is 2. The summed E-state index contributed by atoms with van der Waals surface area (Å²) in [6.07, 6.45) is 3.70. The Morgan fingerprint density at radius 2 is 1.79 bits per heavy atom. The van der Waals surface area contributed by atoms with Crippen LogP contribution in [0.5, 0.6) is 5.75 Å². The fraction of sp³-hybridized carbons (Fsp3) is 0.182. The standard InChI is InChI=1S/C22H22ClN3O3/c1-15-6-8-16(9-7-15)24-21(27)14-25(2)22(28)17-12-18(23)19(13-20(17)29-3)26-10-4-5-11-26/h4-13H,14H2,1-3H3,(H,24,27). The number of ether oxygens (including phenoxy) is 1. The maximum Gasteiger partial charge on any atom is 0.257 e. The zero-order valence-corrected chi connectivity index (χ0v) is 17.2. The molecule has 0 radical (unpaired) electrons. The number of hydrogen-bond donors (Lipinski definition) is 1. The SMILES string of the molecule is COc1cc(-n2cccc2)c(Cl)cc1C(=O)N(C)CC(=O)Nc1ccc(C)cc1. The van der Waals surface area contributed by atoms with Crippen molar-refractivity contribution < 1.29 is 14.3 Å². The van der Waals surface area contributed by atoms with E-state index in [-0.39, 0.29) is 18.4 Å². The predicted octanol–water partition coefficient (Wildman–Crippen LogP) is 4.16. The summed E-state index contributed by atoms with van der Waals surface area (Å²) in [6.45, 7) is 1.87. The molecular formula is C22H22ClN3O3. The minimum absolute atomic E-state index is 0.104. The second kappa shape index (κ2) is 8.84. The van der Waals surface area contributed by atoms with Crippen molar-refractivity contribution in [2.45, 2.75) is 6.92 Å². The maximum atomic E-state index is 12.9. The number of carbonyl (C=O) groups is 2. The molecule has 0 spiro atoms. The van der Waals surface area contributed by atoms with Crippen LogP contribution >= 0.6 is 11.6 Å². The number of halogens is 1. The van der Waals surface area contributed by atoms with Crippen LogP contribution in [0, 0.1) is 6.92 Å². The van der Waals surface area contributed by atoms with E-state index in [0.717, 1.165) is 5.56 Å². The van der Waals surface area contributed by atoms with E-state index in [1.54, 1.807) is 19.2 Å². The van der Waals surface area contributed by atoms with Gasteiger partial charge in [0.15, 0.2) is 0 Å². The van der Waals surface area contributed by atoms with Crippen molar-refractivity contribution in [3.8, 4) is 11.4 Å². The van der Waals surface area contributed by atoms with Gasteiger partial charge >= 0.3 is 0 Å². The molecule has 0 saturated carbocycles. The number of likely N-dealkylation sites (N-methyl/N-ethyl adjacent to an activating group) is 1. The van der Waals surface area contributed by atoms with E-state index in [1.807, 2.05) is 60.3 Å². The highest BCUT2D eigenvalue weighted by Gasteiger charge is 2.21. The Kier molecular flexibility index (Phi) is 6.24. The first-order valence-corrected chi connectivity index (χ1v) is 9.39. The lowest BCUT2D eigenvalue weighted by Gasteiger charge is -2.19. The molecular weight excluding hydrogens is 390 g/mol. The quantitative estimate of drug-likeness (QED) is 0.662. The number of nitrogens with one attached hydrogen (secondary N) is 1. The molecule has 0 unspecified atom stereocenters. The molecule has 2 aromatic carbocycles. The highest BCUT2D eigenvalue weighted by atomic mass is 35.5. The monoisotopic (exact) mass is 411 g/mol. The summed E-state index contributed by atoms with van der Waals surface area (Å²) in [6, 6.07) is 14.5. The maximum absolute atomic E-state index is 12.9. The molecule has 29 heavy (non-hydrogen) atoms. The highest BCUT2D eigenvalue weighted by Crippen LogP contribution is 2.30. The van der Waals surface area contributed by atoms with Gasteiger partial charge in [-0.1, -0.05) is 29.3 Å². The summed E-state index contributed by atoms with van der Waals surface area (Å²) in [5, 5.41) is 3.19. The zero-order chi connectivity index (χ0) is 21.0. The van der Waals surface area contributed by atoms with Crippen LogP contribution < -0.4 is 10.1 Å². The van der Waals surface area contributed by atoms with Gasteiger partial charge in [-0.15, -0.1) is 0 Å². The number of carbonyl (C=O) groups excluding carboxylic acids is 2. The average molecular weight is 412 g/mol. The van der Waals surface area contributed by atoms with Gasteiger partial charge in [-0.25, -0.2) is 0 Å². The van der Waals surface area contributed by atoms with E-state index >= 15 is 0 Å². The van der Waals surface area contributed by atoms with Crippen molar-refractivity contribution in [2.24, 2.45) is 0 Å². The summed E-state index contributed by atoms with van der Waals surface area (Å²) in [4.78, 5) is 26.5. The van der Waals surface area contributed by atoms with Crippen molar-refractivity contribution in [3.05, 3.63) is 77.1 Å². The molecule has 0 aliphatic heterocycles. The van der Waals surface area contributed by atoms with E-state index < -0.39 is 0 Å². The van der Waals surface area contributed by atoms with Gasteiger partial charge in [0.1, 0.15) is 5.75 Å². The smallest absolute Gasteiger partial charge is 0.257 e. The Morgan fingerprint density at radius 1 is 1.14 bits per heavy atom. The molecule has 0 aliphatic carbocycles. The van der Waals surface area contributed by atoms with Gasteiger partial charge in [0.25, 0.3) is 5.91 Å². The summed E-state index contributed by atoms with van der Waals surface area (Å²) in [5.41, 5.74) is 2.77. The Bertz CT molecular complexity index is 1010. The van der Waals surface area contributed by atoms with Crippen molar-refractivity contribution in [3.63, 3.8) is 0 Å². The Labute approximate surface area is 174 Å². The number of aryl methyl sites for hydroxylation is 1. The molecule has 1 aromatic heterocycles. The Balaban J connectivity index is 1.75. The van der Waals surface area contributed by atoms with Gasteiger partial charge in [-0.05, 0) is 37.3 Å². The number of rotatable bonds is 6. The molecule has 0 fully saturated rings. The summed E-state index contributed by atoms with van der Waals surface area (Å²) in [7, 11) is 3.05. The molecule has 0 saturated heterocycles. The van der Waals surface area contributed by atoms with Gasteiger partial charge in [0, 0.05) is 31.2 Å². The number of aromatic nitrogens is 1. The van der Waals surface area contributed by atoms with Crippen LogP contribution in [0.25, 0.3) is 5.69 Å². The summed E-state index contributed by atoms with van der Waals surface area (Å²) < 4.78 is 7.23. The number of anilines is 1. The van der Waals surface area contributed by atoms with Gasteiger partial charge in [0.2, 0.25) is 5.91 Å². The molecule has 3 rings (SSSR count). The molecule has 1 N–H and O–H groups in total. The van der Waals surface area contributed by atoms with Crippen molar-refractivity contribution in [2.75, 3.05) is 26.0 Å². The number of benzene rings is 2. The number of methoxy groups -OCH3 is 1. The third-order valence-corrected chi connectivity index (χ3v) is 4.75. The van der Waals surface area contributed by atoms with Crippen LogP contribution in [0.4, 0.5) is 5.69 Å². The van der Waals surface area contributed by atoms with E-state index in [0.29, 0.717) is 27.7 Å². The molecule has 2 amide bonds. The van der Waals surface area contributed by atoms with Crippen LogP contribution in [0.15, 0.2) is 60.9 Å². The largest absolute Gasteiger partial charge is 0.496 e. The second-order valence-corrected chi connectivity index (χ2v) is 7.08. The average Bonchev–Trinajstić information content (AvgIpc) is 3.23. The first kappa shape index (κ1) is 20.5. The minimum atomic E-state index is -0.359. The van der Waals surface area contributed by atoms with Crippen LogP contribution in [-0.4, -0.2) is 42.0 Å². The molecule has 0 aliphatic rings. The predicted molar refractivity (Wildman–Crippen MR) is 114 cm³/mol. The molecule has 3 aromatic rings. The van der Waals surface area contributed by atoms with Crippen LogP contribution in [-0.2, 0) is 4.79 Å². The van der Waals surface area contributed by atoms with Crippen molar-refractivity contribution >= 4 is 29.1 Å². The normalized spacial score (nSPS) is 10.5. The fourth-order valence-electron chi connectivity index (χ4n) is 2.90. The van der Waals surface area contributed by atoms with Gasteiger partial charge in [0.05, 0.1) is 29.9 Å². The summed E-state index contributed by atoms with van der Waals surface area (Å²) in [5.74, 6) is -0.269. The van der Waals surface area contributed by atoms with E-state index in [4.69, 9.17) is 16.3 Å². The first-order valence-electron chi connectivity index (χ1n) is 9.02. The molecule has 0 atom stereocenters. The van der Waals surface area contributed by atoms with Crippen molar-refractivity contribution in [1.82, 2.24) is 9.47 Å². The van der Waals surface area contributed by atoms with Crippen LogP contribution in [0.2, 0.25) is 5.02 Å². The van der Waals surface area contributed by atoms with E-state index in [1.165, 1.54) is 12.0 Å². The van der Waals surface area contributed by atoms with Crippen LogP contribution in [0.3, 0.4) is 0 Å². The lowest BCUT2D eigenvalue weighted by Crippen LogP contribution is -2.35. The van der Waals surface area contributed by atoms with Gasteiger partial charge in [-0.2, -0.15) is 0 Å². The Hall–Kier alpha value is -3.25. The molecule has 0 bridgehead atoms. The zero-order valence-electron chi connectivity index (χ0n) is 16.5. The second-order valence-electron chi connectivity index (χ2n) is 6.67.